The molecular formula is C14H13NO6S. The molecule has 0 saturated carbocycles. The SMILES string of the molecule is COC(=O)c1ccc(On2ccccc2=O)c(S(C)(=O)=O)c1. The van der Waals surface area contributed by atoms with Gasteiger partial charge in [0.25, 0.3) is 5.56 Å². The van der Waals surface area contributed by atoms with Gasteiger partial charge in [0.05, 0.1) is 12.7 Å². The van der Waals surface area contributed by atoms with Crippen LogP contribution in [0.4, 0.5) is 0 Å². The van der Waals surface area contributed by atoms with Crippen molar-refractivity contribution in [3.8, 4) is 5.75 Å². The van der Waals surface area contributed by atoms with Crippen molar-refractivity contribution in [2.45, 2.75) is 4.90 Å². The number of nitrogens with zero attached hydrogens (tertiary/aromatic N) is 1. The zero-order valence-electron chi connectivity index (χ0n) is 11.8. The second-order valence-corrected chi connectivity index (χ2v) is 6.37. The minimum absolute atomic E-state index is 0.0654. The zero-order chi connectivity index (χ0) is 16.3. The molecule has 2 rings (SSSR count). The summed E-state index contributed by atoms with van der Waals surface area (Å²) in [6.07, 6.45) is 2.33. The molecule has 0 aliphatic rings. The van der Waals surface area contributed by atoms with Gasteiger partial charge in [-0.05, 0) is 24.3 Å². The Bertz CT molecular complexity index is 869. The van der Waals surface area contributed by atoms with Gasteiger partial charge in [-0.1, -0.05) is 6.07 Å². The van der Waals surface area contributed by atoms with E-state index in [0.717, 1.165) is 17.1 Å². The summed E-state index contributed by atoms with van der Waals surface area (Å²) in [6, 6.07) is 8.14. The van der Waals surface area contributed by atoms with Crippen LogP contribution in [0, 0.1) is 0 Å². The number of sulfone groups is 1. The zero-order valence-corrected chi connectivity index (χ0v) is 12.7. The van der Waals surface area contributed by atoms with E-state index < -0.39 is 21.4 Å². The number of pyridine rings is 1. The van der Waals surface area contributed by atoms with Crippen molar-refractivity contribution in [1.82, 2.24) is 4.73 Å². The first kappa shape index (κ1) is 15.8. The van der Waals surface area contributed by atoms with E-state index in [0.29, 0.717) is 0 Å². The smallest absolute Gasteiger partial charge is 0.337 e. The maximum absolute atomic E-state index is 11.9. The lowest BCUT2D eigenvalue weighted by molar-refractivity contribution is 0.0600. The third kappa shape index (κ3) is 3.34. The van der Waals surface area contributed by atoms with Crippen LogP contribution in [0.25, 0.3) is 0 Å². The molecule has 0 fully saturated rings. The van der Waals surface area contributed by atoms with E-state index in [1.54, 1.807) is 6.07 Å². The van der Waals surface area contributed by atoms with Crippen molar-refractivity contribution in [2.24, 2.45) is 0 Å². The predicted molar refractivity (Wildman–Crippen MR) is 77.6 cm³/mol. The normalized spacial score (nSPS) is 11.0. The van der Waals surface area contributed by atoms with Gasteiger partial charge in [-0.2, -0.15) is 0 Å². The fourth-order valence-corrected chi connectivity index (χ4v) is 2.52. The molecule has 0 aliphatic carbocycles. The molecule has 0 radical (unpaired) electrons. The monoisotopic (exact) mass is 323 g/mol. The van der Waals surface area contributed by atoms with Gasteiger partial charge in [-0.15, -0.1) is 4.73 Å². The number of hydrogen-bond acceptors (Lipinski definition) is 6. The van der Waals surface area contributed by atoms with Crippen molar-refractivity contribution >= 4 is 15.8 Å². The van der Waals surface area contributed by atoms with Crippen molar-refractivity contribution in [3.63, 3.8) is 0 Å². The molecule has 0 bridgehead atoms. The van der Waals surface area contributed by atoms with Crippen LogP contribution in [-0.2, 0) is 14.6 Å². The molecule has 116 valence electrons. The Hall–Kier alpha value is -2.61. The first-order chi connectivity index (χ1) is 10.3. The number of ether oxygens (including phenoxy) is 1. The van der Waals surface area contributed by atoms with E-state index in [1.807, 2.05) is 0 Å². The summed E-state index contributed by atoms with van der Waals surface area (Å²) in [5.74, 6) is -0.739. The van der Waals surface area contributed by atoms with Crippen molar-refractivity contribution in [2.75, 3.05) is 13.4 Å². The van der Waals surface area contributed by atoms with Crippen molar-refractivity contribution in [1.29, 1.82) is 0 Å². The fraction of sp³-hybridized carbons (Fsp3) is 0.143. The Morgan fingerprint density at radius 1 is 1.18 bits per heavy atom. The van der Waals surface area contributed by atoms with Gasteiger partial charge < -0.3 is 9.57 Å². The average Bonchev–Trinajstić information content (AvgIpc) is 2.48. The maximum Gasteiger partial charge on any atom is 0.337 e. The second kappa shape index (κ2) is 6.02. The van der Waals surface area contributed by atoms with Crippen LogP contribution < -0.4 is 10.4 Å². The highest BCUT2D eigenvalue weighted by atomic mass is 32.2. The summed E-state index contributed by atoms with van der Waals surface area (Å²) in [5, 5.41) is 0. The van der Waals surface area contributed by atoms with Crippen molar-refractivity contribution < 1.29 is 22.8 Å². The molecule has 0 N–H and O–H groups in total. The number of hydrogen-bond donors (Lipinski definition) is 0. The number of carbonyl (C=O) groups is 1. The van der Waals surface area contributed by atoms with Crippen LogP contribution in [0.2, 0.25) is 0 Å². The lowest BCUT2D eigenvalue weighted by Crippen LogP contribution is -2.23. The average molecular weight is 323 g/mol. The van der Waals surface area contributed by atoms with E-state index in [2.05, 4.69) is 4.74 Å². The molecule has 1 heterocycles. The van der Waals surface area contributed by atoms with Crippen LogP contribution in [0.1, 0.15) is 10.4 Å². The van der Waals surface area contributed by atoms with Crippen molar-refractivity contribution in [3.05, 3.63) is 58.5 Å². The lowest BCUT2D eigenvalue weighted by Gasteiger charge is -2.11. The number of methoxy groups -OCH3 is 1. The molecule has 1 aromatic heterocycles. The van der Waals surface area contributed by atoms with Crippen LogP contribution in [0.3, 0.4) is 0 Å². The molecule has 0 unspecified atom stereocenters. The number of aromatic nitrogens is 1. The molecule has 7 nitrogen and oxygen atoms in total. The molecule has 0 aliphatic heterocycles. The Morgan fingerprint density at radius 3 is 2.50 bits per heavy atom. The lowest BCUT2D eigenvalue weighted by atomic mass is 10.2. The molecule has 0 amide bonds. The third-order valence-electron chi connectivity index (χ3n) is 2.75. The molecule has 0 saturated heterocycles. The number of rotatable bonds is 4. The van der Waals surface area contributed by atoms with Gasteiger partial charge in [-0.3, -0.25) is 4.79 Å². The first-order valence-corrected chi connectivity index (χ1v) is 8.00. The highest BCUT2D eigenvalue weighted by Gasteiger charge is 2.19. The summed E-state index contributed by atoms with van der Waals surface area (Å²) in [4.78, 5) is 28.2. The van der Waals surface area contributed by atoms with Gasteiger partial charge in [0.1, 0.15) is 4.90 Å². The van der Waals surface area contributed by atoms with E-state index in [9.17, 15) is 18.0 Å². The summed E-state index contributed by atoms with van der Waals surface area (Å²) >= 11 is 0. The number of benzene rings is 1. The molecular weight excluding hydrogens is 310 g/mol. The van der Waals surface area contributed by atoms with E-state index in [-0.39, 0.29) is 16.2 Å². The Kier molecular flexibility index (Phi) is 4.32. The van der Waals surface area contributed by atoms with E-state index in [4.69, 9.17) is 4.84 Å². The fourth-order valence-electron chi connectivity index (χ4n) is 1.71. The van der Waals surface area contributed by atoms with Crippen LogP contribution >= 0.6 is 0 Å². The van der Waals surface area contributed by atoms with E-state index >= 15 is 0 Å². The first-order valence-electron chi connectivity index (χ1n) is 6.11. The Balaban J connectivity index is 2.54. The molecule has 8 heteroatoms. The maximum atomic E-state index is 11.9. The molecule has 2 aromatic rings. The second-order valence-electron chi connectivity index (χ2n) is 4.38. The van der Waals surface area contributed by atoms with Gasteiger partial charge in [0.2, 0.25) is 0 Å². The van der Waals surface area contributed by atoms with Gasteiger partial charge >= 0.3 is 5.97 Å². The highest BCUT2D eigenvalue weighted by Crippen LogP contribution is 2.25. The van der Waals surface area contributed by atoms with Crippen LogP contribution in [-0.4, -0.2) is 32.5 Å². The molecule has 0 atom stereocenters. The highest BCUT2D eigenvalue weighted by molar-refractivity contribution is 7.90. The minimum atomic E-state index is -3.68. The largest absolute Gasteiger partial charge is 0.465 e. The third-order valence-corrected chi connectivity index (χ3v) is 3.87. The Morgan fingerprint density at radius 2 is 1.91 bits per heavy atom. The minimum Gasteiger partial charge on any atom is -0.465 e. The summed E-state index contributed by atoms with van der Waals surface area (Å²) < 4.78 is 29.2. The summed E-state index contributed by atoms with van der Waals surface area (Å²) in [7, 11) is -2.49. The topological polar surface area (TPSA) is 91.7 Å². The molecule has 22 heavy (non-hydrogen) atoms. The van der Waals surface area contributed by atoms with Crippen LogP contribution in [0.15, 0.2) is 52.3 Å². The van der Waals surface area contributed by atoms with Crippen LogP contribution in [0.5, 0.6) is 5.75 Å². The summed E-state index contributed by atoms with van der Waals surface area (Å²) in [6.45, 7) is 0. The van der Waals surface area contributed by atoms with Gasteiger partial charge in [0, 0.05) is 18.5 Å². The predicted octanol–water partition coefficient (Wildman–Crippen LogP) is 0.881. The summed E-state index contributed by atoms with van der Waals surface area (Å²) in [5.41, 5.74) is -0.394. The standard InChI is InChI=1S/C14H13NO6S/c1-20-14(17)10-6-7-11(12(9-10)22(2,18)19)21-15-8-4-3-5-13(15)16/h3-9H,1-2H3. The van der Waals surface area contributed by atoms with E-state index in [1.165, 1.54) is 37.6 Å². The molecule has 0 spiro atoms. The quantitative estimate of drug-likeness (QED) is 0.776. The number of carbonyl (C=O) groups excluding carboxylic acids is 1. The van der Waals surface area contributed by atoms with Gasteiger partial charge in [0.15, 0.2) is 15.6 Å². The van der Waals surface area contributed by atoms with Gasteiger partial charge in [-0.25, -0.2) is 13.2 Å². The Labute approximate surface area is 126 Å². The molecule has 1 aromatic carbocycles. The number of esters is 1.